The van der Waals surface area contributed by atoms with Crippen LogP contribution in [0.25, 0.3) is 0 Å². The van der Waals surface area contributed by atoms with Gasteiger partial charge in [-0.2, -0.15) is 10.4 Å². The number of halogens is 1. The third-order valence-corrected chi connectivity index (χ3v) is 5.95. The summed E-state index contributed by atoms with van der Waals surface area (Å²) in [7, 11) is 0. The zero-order chi connectivity index (χ0) is 25.9. The number of nitrogens with zero attached hydrogens (tertiary/aromatic N) is 6. The van der Waals surface area contributed by atoms with Crippen molar-refractivity contribution >= 4 is 23.8 Å². The summed E-state index contributed by atoms with van der Waals surface area (Å²) in [6.07, 6.45) is 3.28. The first-order valence-electron chi connectivity index (χ1n) is 11.9. The Labute approximate surface area is 212 Å². The Hall–Kier alpha value is -4.09. The monoisotopic (exact) mass is 485 g/mol. The van der Waals surface area contributed by atoms with Crippen molar-refractivity contribution in [3.63, 3.8) is 0 Å². The van der Waals surface area contributed by atoms with Gasteiger partial charge in [-0.25, -0.2) is 4.39 Å². The minimum atomic E-state index is -0.456. The van der Waals surface area contributed by atoms with Crippen LogP contribution in [0.3, 0.4) is 0 Å². The second-order valence-electron chi connectivity index (χ2n) is 8.22. The Bertz CT molecular complexity index is 1200. The summed E-state index contributed by atoms with van der Waals surface area (Å²) in [5.74, 6) is -0.456. The minimum Gasteiger partial charge on any atom is -0.369 e. The fraction of sp³-hybridized carbons (Fsp3) is 0.286. The van der Waals surface area contributed by atoms with Gasteiger partial charge in [-0.1, -0.05) is 31.2 Å². The molecule has 2 aliphatic rings. The van der Waals surface area contributed by atoms with Crippen molar-refractivity contribution in [3.8, 4) is 6.07 Å². The van der Waals surface area contributed by atoms with Gasteiger partial charge < -0.3 is 9.80 Å². The molecule has 0 spiro atoms. The lowest BCUT2D eigenvalue weighted by Gasteiger charge is -2.35. The van der Waals surface area contributed by atoms with Crippen molar-refractivity contribution in [3.05, 3.63) is 89.5 Å². The highest BCUT2D eigenvalue weighted by molar-refractivity contribution is 6.54. The van der Waals surface area contributed by atoms with Crippen LogP contribution in [0.1, 0.15) is 30.5 Å². The predicted octanol–water partition coefficient (Wildman–Crippen LogP) is 4.52. The molecule has 2 aliphatic heterocycles. The molecule has 2 aromatic rings. The fourth-order valence-electron chi connectivity index (χ4n) is 4.03. The lowest BCUT2D eigenvalue weighted by atomic mass is 10.0. The molecule has 0 radical (unpaired) electrons. The van der Waals surface area contributed by atoms with Gasteiger partial charge in [0.25, 0.3) is 0 Å². The number of aliphatic imine (C=N–C) groups is 2. The van der Waals surface area contributed by atoms with Gasteiger partial charge in [0.15, 0.2) is 0 Å². The van der Waals surface area contributed by atoms with E-state index in [0.717, 1.165) is 38.3 Å². The molecule has 1 saturated heterocycles. The summed E-state index contributed by atoms with van der Waals surface area (Å²) in [5.41, 5.74) is 7.29. The number of nitrogens with one attached hydrogen (secondary N) is 1. The summed E-state index contributed by atoms with van der Waals surface area (Å²) >= 11 is 0. The molecule has 0 bridgehead atoms. The second-order valence-corrected chi connectivity index (χ2v) is 8.22. The third-order valence-electron chi connectivity index (χ3n) is 5.95. The topological polar surface area (TPSA) is 79.4 Å². The van der Waals surface area contributed by atoms with Crippen molar-refractivity contribution in [2.75, 3.05) is 37.6 Å². The maximum absolute atomic E-state index is 14.3. The van der Waals surface area contributed by atoms with E-state index in [2.05, 4.69) is 62.7 Å². The molecule has 2 heterocycles. The first-order valence-corrected chi connectivity index (χ1v) is 11.9. The average molecular weight is 486 g/mol. The summed E-state index contributed by atoms with van der Waals surface area (Å²) in [6.45, 7) is 16.2. The smallest absolute Gasteiger partial charge is 0.129 e. The van der Waals surface area contributed by atoms with Crippen LogP contribution < -0.4 is 10.3 Å². The Balaban J connectivity index is 0.00000115. The van der Waals surface area contributed by atoms with Gasteiger partial charge in [-0.15, -0.1) is 6.58 Å². The SMILES string of the molecule is C=CC.C=N/C=C1/NN=C(c2ccc(N3CCN(CC)CC3)cc2)C1=NCc1c(F)cccc1C#N. The number of piperazine rings is 1. The van der Waals surface area contributed by atoms with Crippen molar-refractivity contribution in [1.29, 1.82) is 5.26 Å². The molecule has 0 aromatic heterocycles. The normalized spacial score (nSPS) is 17.6. The number of likely N-dealkylation sites (N-methyl/N-ethyl adjacent to an activating group) is 1. The van der Waals surface area contributed by atoms with Crippen LogP contribution in [0.2, 0.25) is 0 Å². The average Bonchev–Trinajstić information content (AvgIpc) is 3.31. The van der Waals surface area contributed by atoms with Crippen molar-refractivity contribution < 1.29 is 4.39 Å². The molecule has 0 unspecified atom stereocenters. The number of hydrazone groups is 1. The summed E-state index contributed by atoms with van der Waals surface area (Å²) in [6, 6.07) is 14.7. The summed E-state index contributed by atoms with van der Waals surface area (Å²) in [4.78, 5) is 13.3. The highest BCUT2D eigenvalue weighted by atomic mass is 19.1. The van der Waals surface area contributed by atoms with Crippen molar-refractivity contribution in [2.24, 2.45) is 15.1 Å². The van der Waals surface area contributed by atoms with E-state index in [9.17, 15) is 9.65 Å². The highest BCUT2D eigenvalue weighted by Crippen LogP contribution is 2.21. The first kappa shape index (κ1) is 26.5. The van der Waals surface area contributed by atoms with Gasteiger partial charge in [-0.3, -0.25) is 15.4 Å². The van der Waals surface area contributed by atoms with Crippen LogP contribution in [-0.2, 0) is 6.54 Å². The molecule has 7 nitrogen and oxygen atoms in total. The molecule has 8 heteroatoms. The van der Waals surface area contributed by atoms with E-state index in [1.165, 1.54) is 24.0 Å². The van der Waals surface area contributed by atoms with Crippen LogP contribution in [0.15, 0.2) is 82.1 Å². The second kappa shape index (κ2) is 13.1. The van der Waals surface area contributed by atoms with E-state index in [4.69, 9.17) is 0 Å². The summed E-state index contributed by atoms with van der Waals surface area (Å²) < 4.78 is 14.3. The van der Waals surface area contributed by atoms with Crippen LogP contribution >= 0.6 is 0 Å². The molecule has 0 aliphatic carbocycles. The first-order chi connectivity index (χ1) is 17.6. The van der Waals surface area contributed by atoms with Gasteiger partial charge in [-0.05, 0) is 44.5 Å². The molecule has 1 fully saturated rings. The quantitative estimate of drug-likeness (QED) is 0.482. The maximum Gasteiger partial charge on any atom is 0.129 e. The number of anilines is 1. The lowest BCUT2D eigenvalue weighted by Crippen LogP contribution is -2.46. The third kappa shape index (κ3) is 6.32. The van der Waals surface area contributed by atoms with Gasteiger partial charge in [0, 0.05) is 43.0 Å². The van der Waals surface area contributed by atoms with E-state index in [1.54, 1.807) is 12.1 Å². The molecule has 0 amide bonds. The van der Waals surface area contributed by atoms with Crippen LogP contribution in [0.4, 0.5) is 10.1 Å². The number of hydrogen-bond acceptors (Lipinski definition) is 7. The molecule has 36 heavy (non-hydrogen) atoms. The van der Waals surface area contributed by atoms with E-state index >= 15 is 0 Å². The number of nitriles is 1. The Morgan fingerprint density at radius 3 is 2.47 bits per heavy atom. The Morgan fingerprint density at radius 2 is 1.86 bits per heavy atom. The van der Waals surface area contributed by atoms with Gasteiger partial charge >= 0.3 is 0 Å². The zero-order valence-corrected chi connectivity index (χ0v) is 20.9. The molecule has 186 valence electrons. The molecular formula is C28H32FN7. The van der Waals surface area contributed by atoms with E-state index in [-0.39, 0.29) is 17.7 Å². The minimum absolute atomic E-state index is 0.0138. The molecule has 1 N–H and O–H groups in total. The van der Waals surface area contributed by atoms with Crippen LogP contribution in [0, 0.1) is 17.1 Å². The fourth-order valence-corrected chi connectivity index (χ4v) is 4.03. The highest BCUT2D eigenvalue weighted by Gasteiger charge is 2.24. The summed E-state index contributed by atoms with van der Waals surface area (Å²) in [5, 5.41) is 13.7. The molecule has 0 saturated carbocycles. The van der Waals surface area contributed by atoms with E-state index in [1.807, 2.05) is 25.1 Å². The number of benzene rings is 2. The molecule has 4 rings (SSSR count). The van der Waals surface area contributed by atoms with Crippen LogP contribution in [-0.4, -0.2) is 55.8 Å². The molecular weight excluding hydrogens is 453 g/mol. The van der Waals surface area contributed by atoms with Gasteiger partial charge in [0.2, 0.25) is 0 Å². The zero-order valence-electron chi connectivity index (χ0n) is 20.9. The maximum atomic E-state index is 14.3. The largest absolute Gasteiger partial charge is 0.369 e. The Morgan fingerprint density at radius 1 is 1.17 bits per heavy atom. The van der Waals surface area contributed by atoms with Gasteiger partial charge in [0.05, 0.1) is 24.4 Å². The van der Waals surface area contributed by atoms with E-state index < -0.39 is 5.82 Å². The number of hydrogen-bond donors (Lipinski definition) is 1. The Kier molecular flexibility index (Phi) is 9.66. The van der Waals surface area contributed by atoms with Gasteiger partial charge in [0.1, 0.15) is 22.9 Å². The standard InChI is InChI=1S/C25H26FN7.C3H6/c1-3-32-11-13-33(14-12-32)20-9-7-18(8-10-20)24-25(23(17-28-2)30-31-24)29-16-21-19(15-27)5-4-6-22(21)26;1-3-2/h4-10,17,30H,2-3,11-14,16H2,1H3;3H,1H2,2H3/b23-17+,29-25?;. The predicted molar refractivity (Wildman–Crippen MR) is 146 cm³/mol. The van der Waals surface area contributed by atoms with E-state index in [0.29, 0.717) is 17.1 Å². The number of rotatable bonds is 6. The lowest BCUT2D eigenvalue weighted by molar-refractivity contribution is 0.271. The van der Waals surface area contributed by atoms with Crippen molar-refractivity contribution in [1.82, 2.24) is 10.3 Å². The number of allylic oxidation sites excluding steroid dienone is 2. The molecule has 2 aromatic carbocycles. The van der Waals surface area contributed by atoms with Crippen LogP contribution in [0.5, 0.6) is 0 Å². The van der Waals surface area contributed by atoms with Crippen molar-refractivity contribution in [2.45, 2.75) is 20.4 Å². The molecule has 0 atom stereocenters.